The number of carbonyl (C=O) groups excluding carboxylic acids is 1. The normalized spacial score (nSPS) is 13.6. The topological polar surface area (TPSA) is 37.3 Å². The van der Waals surface area contributed by atoms with Crippen LogP contribution in [0.15, 0.2) is 30.3 Å². The molecule has 1 N–H and O–H groups in total. The first-order valence-corrected chi connectivity index (χ1v) is 4.38. The highest BCUT2D eigenvalue weighted by molar-refractivity contribution is 5.53. The molecule has 0 aliphatic rings. The van der Waals surface area contributed by atoms with Gasteiger partial charge in [-0.1, -0.05) is 30.0 Å². The molecule has 0 saturated heterocycles. The minimum Gasteiger partial charge on any atom is -0.377 e. The first-order chi connectivity index (χ1) is 6.64. The van der Waals surface area contributed by atoms with Gasteiger partial charge in [-0.15, -0.1) is 0 Å². The van der Waals surface area contributed by atoms with Crippen LogP contribution in [-0.2, 0) is 4.79 Å². The van der Waals surface area contributed by atoms with Crippen LogP contribution in [-0.4, -0.2) is 17.0 Å². The van der Waals surface area contributed by atoms with Gasteiger partial charge in [-0.2, -0.15) is 0 Å². The zero-order valence-electron chi connectivity index (χ0n) is 8.03. The number of aldehydes is 1. The molecule has 1 atom stereocenters. The van der Waals surface area contributed by atoms with Crippen molar-refractivity contribution in [2.45, 2.75) is 18.9 Å². The zero-order valence-corrected chi connectivity index (χ0v) is 8.03. The van der Waals surface area contributed by atoms with Gasteiger partial charge in [0.25, 0.3) is 0 Å². The van der Waals surface area contributed by atoms with Crippen molar-refractivity contribution in [3.05, 3.63) is 35.9 Å². The molecule has 0 bridgehead atoms. The van der Waals surface area contributed by atoms with Crippen LogP contribution in [0.5, 0.6) is 0 Å². The SMILES string of the molecule is CC(O)(C#Cc1ccccc1)CC=O. The molecule has 0 fully saturated rings. The van der Waals surface area contributed by atoms with Gasteiger partial charge in [0.05, 0.1) is 0 Å². The molecule has 0 heterocycles. The second-order valence-electron chi connectivity index (χ2n) is 3.26. The van der Waals surface area contributed by atoms with Gasteiger partial charge < -0.3 is 9.90 Å². The van der Waals surface area contributed by atoms with E-state index in [0.29, 0.717) is 6.29 Å². The van der Waals surface area contributed by atoms with Crippen LogP contribution in [0.3, 0.4) is 0 Å². The monoisotopic (exact) mass is 188 g/mol. The van der Waals surface area contributed by atoms with Crippen LogP contribution in [0.4, 0.5) is 0 Å². The van der Waals surface area contributed by atoms with Crippen molar-refractivity contribution in [1.82, 2.24) is 0 Å². The molecule has 0 amide bonds. The lowest BCUT2D eigenvalue weighted by Gasteiger charge is -2.10. The maximum absolute atomic E-state index is 10.2. The summed E-state index contributed by atoms with van der Waals surface area (Å²) in [7, 11) is 0. The first-order valence-electron chi connectivity index (χ1n) is 4.38. The highest BCUT2D eigenvalue weighted by Gasteiger charge is 2.15. The Morgan fingerprint density at radius 2 is 2.07 bits per heavy atom. The third-order valence-corrected chi connectivity index (χ3v) is 1.73. The smallest absolute Gasteiger partial charge is 0.129 e. The van der Waals surface area contributed by atoms with E-state index in [2.05, 4.69) is 11.8 Å². The number of hydrogen-bond acceptors (Lipinski definition) is 2. The molecule has 1 unspecified atom stereocenters. The maximum atomic E-state index is 10.2. The van der Waals surface area contributed by atoms with Crippen molar-refractivity contribution in [2.24, 2.45) is 0 Å². The Kier molecular flexibility index (Phi) is 3.44. The molecular formula is C12H12O2. The van der Waals surface area contributed by atoms with Gasteiger partial charge in [-0.05, 0) is 19.1 Å². The first kappa shape index (κ1) is 10.5. The summed E-state index contributed by atoms with van der Waals surface area (Å²) in [6.07, 6.45) is 0.701. The predicted octanol–water partition coefficient (Wildman–Crippen LogP) is 1.38. The van der Waals surface area contributed by atoms with E-state index in [1.165, 1.54) is 6.92 Å². The number of aliphatic hydroxyl groups is 1. The summed E-state index contributed by atoms with van der Waals surface area (Å²) in [5.41, 5.74) is -0.393. The van der Waals surface area contributed by atoms with Crippen LogP contribution in [0.1, 0.15) is 18.9 Å². The Morgan fingerprint density at radius 1 is 1.43 bits per heavy atom. The Labute approximate surface area is 83.6 Å². The van der Waals surface area contributed by atoms with E-state index in [-0.39, 0.29) is 6.42 Å². The van der Waals surface area contributed by atoms with Crippen molar-refractivity contribution in [1.29, 1.82) is 0 Å². The Morgan fingerprint density at radius 3 is 2.64 bits per heavy atom. The fourth-order valence-corrected chi connectivity index (χ4v) is 0.942. The highest BCUT2D eigenvalue weighted by atomic mass is 16.3. The fraction of sp³-hybridized carbons (Fsp3) is 0.250. The van der Waals surface area contributed by atoms with Gasteiger partial charge in [0.1, 0.15) is 11.9 Å². The minimum absolute atomic E-state index is 0.0346. The van der Waals surface area contributed by atoms with Crippen molar-refractivity contribution < 1.29 is 9.90 Å². The predicted molar refractivity (Wildman–Crippen MR) is 54.6 cm³/mol. The highest BCUT2D eigenvalue weighted by Crippen LogP contribution is 2.05. The summed E-state index contributed by atoms with van der Waals surface area (Å²) < 4.78 is 0. The van der Waals surface area contributed by atoms with Crippen molar-refractivity contribution in [3.63, 3.8) is 0 Å². The summed E-state index contributed by atoms with van der Waals surface area (Å²) in [5, 5.41) is 9.57. The van der Waals surface area contributed by atoms with E-state index in [0.717, 1.165) is 5.56 Å². The Hall–Kier alpha value is -1.59. The molecule has 0 aliphatic carbocycles. The average molecular weight is 188 g/mol. The maximum Gasteiger partial charge on any atom is 0.129 e. The van der Waals surface area contributed by atoms with E-state index in [9.17, 15) is 9.90 Å². The van der Waals surface area contributed by atoms with Gasteiger partial charge in [-0.25, -0.2) is 0 Å². The molecule has 14 heavy (non-hydrogen) atoms. The zero-order chi connectivity index (χ0) is 10.4. The van der Waals surface area contributed by atoms with Crippen LogP contribution < -0.4 is 0 Å². The van der Waals surface area contributed by atoms with Crippen molar-refractivity contribution in [3.8, 4) is 11.8 Å². The van der Waals surface area contributed by atoms with Crippen LogP contribution in [0.2, 0.25) is 0 Å². The standard InChI is InChI=1S/C12H12O2/c1-12(14,9-10-13)8-7-11-5-3-2-4-6-11/h2-6,10,14H,9H2,1H3. The number of benzene rings is 1. The summed E-state index contributed by atoms with van der Waals surface area (Å²) in [6, 6.07) is 9.35. The quantitative estimate of drug-likeness (QED) is 0.562. The minimum atomic E-state index is -1.22. The van der Waals surface area contributed by atoms with Crippen molar-refractivity contribution >= 4 is 6.29 Å². The molecule has 2 nitrogen and oxygen atoms in total. The molecule has 1 aromatic carbocycles. The number of carbonyl (C=O) groups is 1. The van der Waals surface area contributed by atoms with E-state index in [1.807, 2.05) is 30.3 Å². The summed E-state index contributed by atoms with van der Waals surface area (Å²) in [4.78, 5) is 10.2. The molecular weight excluding hydrogens is 176 g/mol. The lowest BCUT2D eigenvalue weighted by atomic mass is 10.0. The van der Waals surface area contributed by atoms with Crippen molar-refractivity contribution in [2.75, 3.05) is 0 Å². The third-order valence-electron chi connectivity index (χ3n) is 1.73. The summed E-state index contributed by atoms with van der Waals surface area (Å²) >= 11 is 0. The molecule has 2 heteroatoms. The van der Waals surface area contributed by atoms with E-state index >= 15 is 0 Å². The molecule has 0 spiro atoms. The molecule has 0 saturated carbocycles. The van der Waals surface area contributed by atoms with E-state index < -0.39 is 5.60 Å². The molecule has 0 aromatic heterocycles. The Balaban J connectivity index is 2.77. The molecule has 1 rings (SSSR count). The molecule has 0 aliphatic heterocycles. The molecule has 1 aromatic rings. The number of hydrogen-bond donors (Lipinski definition) is 1. The van der Waals surface area contributed by atoms with Gasteiger partial charge in [-0.3, -0.25) is 0 Å². The largest absolute Gasteiger partial charge is 0.377 e. The average Bonchev–Trinajstić information content (AvgIpc) is 2.17. The third kappa shape index (κ3) is 3.42. The Bertz CT molecular complexity index is 355. The van der Waals surface area contributed by atoms with Crippen LogP contribution >= 0.6 is 0 Å². The van der Waals surface area contributed by atoms with E-state index in [1.54, 1.807) is 0 Å². The van der Waals surface area contributed by atoms with Crippen LogP contribution in [0.25, 0.3) is 0 Å². The van der Waals surface area contributed by atoms with Gasteiger partial charge in [0.2, 0.25) is 0 Å². The number of rotatable bonds is 2. The fourth-order valence-electron chi connectivity index (χ4n) is 0.942. The second-order valence-corrected chi connectivity index (χ2v) is 3.26. The molecule has 0 radical (unpaired) electrons. The second kappa shape index (κ2) is 4.59. The summed E-state index contributed by atoms with van der Waals surface area (Å²) in [6.45, 7) is 1.53. The molecule has 72 valence electrons. The van der Waals surface area contributed by atoms with Gasteiger partial charge >= 0.3 is 0 Å². The van der Waals surface area contributed by atoms with E-state index in [4.69, 9.17) is 0 Å². The lowest BCUT2D eigenvalue weighted by Crippen LogP contribution is -2.21. The lowest BCUT2D eigenvalue weighted by molar-refractivity contribution is -0.110. The van der Waals surface area contributed by atoms with Gasteiger partial charge in [0.15, 0.2) is 0 Å². The summed E-state index contributed by atoms with van der Waals surface area (Å²) in [5.74, 6) is 5.46. The van der Waals surface area contributed by atoms with Crippen LogP contribution in [0, 0.1) is 11.8 Å². The van der Waals surface area contributed by atoms with Gasteiger partial charge in [0, 0.05) is 12.0 Å².